The molecule has 0 radical (unpaired) electrons. The van der Waals surface area contributed by atoms with Crippen LogP contribution in [0, 0.1) is 0 Å². The quantitative estimate of drug-likeness (QED) is 0.663. The van der Waals surface area contributed by atoms with Crippen molar-refractivity contribution < 1.29 is 10.2 Å². The summed E-state index contributed by atoms with van der Waals surface area (Å²) in [6.45, 7) is 3.61. The first-order valence-electron chi connectivity index (χ1n) is 7.51. The summed E-state index contributed by atoms with van der Waals surface area (Å²) >= 11 is 0. The Morgan fingerprint density at radius 2 is 1.23 bits per heavy atom. The van der Waals surface area contributed by atoms with Crippen molar-refractivity contribution in [1.29, 1.82) is 0 Å². The zero-order valence-electron chi connectivity index (χ0n) is 12.7. The molecule has 2 atom stereocenters. The highest BCUT2D eigenvalue weighted by molar-refractivity contribution is 5.89. The summed E-state index contributed by atoms with van der Waals surface area (Å²) in [6.07, 6.45) is 0. The smallest absolute Gasteiger partial charge is 0.113 e. The molecule has 2 heteroatoms. The van der Waals surface area contributed by atoms with Gasteiger partial charge in [-0.2, -0.15) is 0 Å². The molecule has 2 nitrogen and oxygen atoms in total. The fourth-order valence-corrected chi connectivity index (χ4v) is 3.81. The molecule has 0 saturated carbocycles. The van der Waals surface area contributed by atoms with Crippen LogP contribution < -0.4 is 0 Å². The Hall–Kier alpha value is -2.16. The van der Waals surface area contributed by atoms with Gasteiger partial charge in [0.25, 0.3) is 0 Å². The Labute approximate surface area is 129 Å². The molecule has 0 bridgehead atoms. The van der Waals surface area contributed by atoms with Crippen molar-refractivity contribution >= 4 is 10.8 Å². The summed E-state index contributed by atoms with van der Waals surface area (Å²) in [4.78, 5) is 0. The Morgan fingerprint density at radius 3 is 1.95 bits per heavy atom. The maximum atomic E-state index is 11.3. The monoisotopic (exact) mass is 290 g/mol. The van der Waals surface area contributed by atoms with Crippen LogP contribution in [0.4, 0.5) is 0 Å². The lowest BCUT2D eigenvalue weighted by atomic mass is 9.67. The third-order valence-electron chi connectivity index (χ3n) is 4.92. The van der Waals surface area contributed by atoms with Crippen molar-refractivity contribution in [2.24, 2.45) is 0 Å². The molecule has 1 aliphatic rings. The van der Waals surface area contributed by atoms with E-state index < -0.39 is 11.2 Å². The van der Waals surface area contributed by atoms with Crippen LogP contribution in [-0.2, 0) is 11.2 Å². The van der Waals surface area contributed by atoms with E-state index in [1.165, 1.54) is 0 Å². The molecule has 0 unspecified atom stereocenters. The molecule has 3 aromatic carbocycles. The van der Waals surface area contributed by atoms with Gasteiger partial charge >= 0.3 is 0 Å². The Balaban J connectivity index is 2.19. The lowest BCUT2D eigenvalue weighted by Crippen LogP contribution is -2.39. The number of hydrogen-bond donors (Lipinski definition) is 2. The predicted molar refractivity (Wildman–Crippen MR) is 87.7 cm³/mol. The van der Waals surface area contributed by atoms with E-state index in [1.807, 2.05) is 67.6 Å². The highest BCUT2D eigenvalue weighted by Crippen LogP contribution is 2.49. The summed E-state index contributed by atoms with van der Waals surface area (Å²) in [5.41, 5.74) is 0.864. The number of fused-ring (bicyclic) bond motifs is 4. The molecule has 0 saturated heterocycles. The molecule has 0 aromatic heterocycles. The third kappa shape index (κ3) is 1.57. The average molecular weight is 290 g/mol. The van der Waals surface area contributed by atoms with Crippen molar-refractivity contribution in [3.63, 3.8) is 0 Å². The van der Waals surface area contributed by atoms with Crippen molar-refractivity contribution in [2.45, 2.75) is 25.0 Å². The number of benzene rings is 3. The van der Waals surface area contributed by atoms with E-state index in [2.05, 4.69) is 0 Å². The zero-order chi connectivity index (χ0) is 15.5. The van der Waals surface area contributed by atoms with Gasteiger partial charge in [-0.25, -0.2) is 0 Å². The third-order valence-corrected chi connectivity index (χ3v) is 4.92. The zero-order valence-corrected chi connectivity index (χ0v) is 12.7. The summed E-state index contributed by atoms with van der Waals surface area (Å²) in [5, 5.41) is 24.5. The maximum Gasteiger partial charge on any atom is 0.113 e. The fraction of sp³-hybridized carbons (Fsp3) is 0.200. The van der Waals surface area contributed by atoms with Crippen LogP contribution in [0.3, 0.4) is 0 Å². The topological polar surface area (TPSA) is 40.5 Å². The van der Waals surface area contributed by atoms with E-state index in [4.69, 9.17) is 0 Å². The number of aliphatic hydroxyl groups is 2. The summed E-state index contributed by atoms with van der Waals surface area (Å²) in [6, 6.07) is 19.5. The second-order valence-electron chi connectivity index (χ2n) is 6.40. The van der Waals surface area contributed by atoms with Crippen LogP contribution in [-0.4, -0.2) is 10.2 Å². The maximum absolute atomic E-state index is 11.3. The fourth-order valence-electron chi connectivity index (χ4n) is 3.81. The molecule has 1 aliphatic carbocycles. The van der Waals surface area contributed by atoms with E-state index in [-0.39, 0.29) is 0 Å². The van der Waals surface area contributed by atoms with Gasteiger partial charge in [-0.3, -0.25) is 0 Å². The molecule has 0 heterocycles. The molecular formula is C20H18O2. The summed E-state index contributed by atoms with van der Waals surface area (Å²) in [5.74, 6) is 0. The van der Waals surface area contributed by atoms with Crippen LogP contribution in [0.5, 0.6) is 0 Å². The van der Waals surface area contributed by atoms with Gasteiger partial charge in [0.15, 0.2) is 0 Å². The van der Waals surface area contributed by atoms with Crippen molar-refractivity contribution in [1.82, 2.24) is 0 Å². The molecule has 3 aromatic rings. The van der Waals surface area contributed by atoms with E-state index in [9.17, 15) is 10.2 Å². The van der Waals surface area contributed by atoms with Gasteiger partial charge in [0.2, 0.25) is 0 Å². The van der Waals surface area contributed by atoms with Gasteiger partial charge in [0.1, 0.15) is 11.2 Å². The Bertz CT molecular complexity index is 891. The minimum absolute atomic E-state index is 0.766. The minimum atomic E-state index is -1.13. The molecule has 0 amide bonds. The first-order chi connectivity index (χ1) is 10.4. The molecule has 110 valence electrons. The molecule has 0 spiro atoms. The number of hydrogen-bond acceptors (Lipinski definition) is 2. The second kappa shape index (κ2) is 4.19. The summed E-state index contributed by atoms with van der Waals surface area (Å²) in [7, 11) is 0. The predicted octanol–water partition coefficient (Wildman–Crippen LogP) is 3.66. The largest absolute Gasteiger partial charge is 0.381 e. The molecule has 0 fully saturated rings. The van der Waals surface area contributed by atoms with Crippen LogP contribution in [0.2, 0.25) is 0 Å². The van der Waals surface area contributed by atoms with Crippen LogP contribution in [0.15, 0.2) is 60.7 Å². The van der Waals surface area contributed by atoms with Gasteiger partial charge in [-0.05, 0) is 41.3 Å². The molecular weight excluding hydrogens is 272 g/mol. The van der Waals surface area contributed by atoms with Gasteiger partial charge in [-0.1, -0.05) is 60.7 Å². The highest BCUT2D eigenvalue weighted by atomic mass is 16.3. The SMILES string of the molecule is C[C@@]1(O)c2ccccc2[C@@](C)(O)c2c1ccc1ccccc21. The lowest BCUT2D eigenvalue weighted by Gasteiger charge is -2.42. The average Bonchev–Trinajstić information content (AvgIpc) is 2.52. The Morgan fingerprint density at radius 1 is 0.636 bits per heavy atom. The first-order valence-corrected chi connectivity index (χ1v) is 7.51. The van der Waals surface area contributed by atoms with Crippen molar-refractivity contribution in [3.8, 4) is 0 Å². The van der Waals surface area contributed by atoms with Crippen molar-refractivity contribution in [2.75, 3.05) is 0 Å². The second-order valence-corrected chi connectivity index (χ2v) is 6.40. The van der Waals surface area contributed by atoms with Crippen LogP contribution in [0.1, 0.15) is 36.1 Å². The lowest BCUT2D eigenvalue weighted by molar-refractivity contribution is 0.0521. The van der Waals surface area contributed by atoms with E-state index in [0.29, 0.717) is 0 Å². The molecule has 0 aliphatic heterocycles. The first kappa shape index (κ1) is 13.5. The minimum Gasteiger partial charge on any atom is -0.381 e. The van der Waals surface area contributed by atoms with Crippen LogP contribution >= 0.6 is 0 Å². The van der Waals surface area contributed by atoms with Crippen LogP contribution in [0.25, 0.3) is 10.8 Å². The normalized spacial score (nSPS) is 26.5. The van der Waals surface area contributed by atoms with E-state index in [1.54, 1.807) is 6.92 Å². The highest BCUT2D eigenvalue weighted by Gasteiger charge is 2.45. The van der Waals surface area contributed by atoms with Gasteiger partial charge in [0.05, 0.1) is 0 Å². The van der Waals surface area contributed by atoms with Gasteiger partial charge in [-0.15, -0.1) is 0 Å². The van der Waals surface area contributed by atoms with Gasteiger partial charge in [0, 0.05) is 5.56 Å². The molecule has 22 heavy (non-hydrogen) atoms. The standard InChI is InChI=1S/C20H18O2/c1-19(21)15-9-5-6-10-16(15)20(2,22)18-14-8-4-3-7-13(14)11-12-17(18)19/h3-12,21-22H,1-2H3/t19-,20-/m1/s1. The van der Waals surface area contributed by atoms with E-state index >= 15 is 0 Å². The number of rotatable bonds is 0. The Kier molecular flexibility index (Phi) is 2.57. The molecule has 4 rings (SSSR count). The summed E-state index contributed by atoms with van der Waals surface area (Å²) < 4.78 is 0. The molecule has 2 N–H and O–H groups in total. The van der Waals surface area contributed by atoms with Gasteiger partial charge < -0.3 is 10.2 Å². The van der Waals surface area contributed by atoms with Crippen molar-refractivity contribution in [3.05, 3.63) is 82.9 Å². The van der Waals surface area contributed by atoms with E-state index in [0.717, 1.165) is 33.0 Å².